The summed E-state index contributed by atoms with van der Waals surface area (Å²) in [5, 5.41) is -0.152. The van der Waals surface area contributed by atoms with Gasteiger partial charge in [0.2, 0.25) is 5.91 Å². The zero-order valence-electron chi connectivity index (χ0n) is 14.8. The fourth-order valence-corrected chi connectivity index (χ4v) is 3.85. The number of amides is 3. The van der Waals surface area contributed by atoms with Gasteiger partial charge in [0, 0.05) is 13.1 Å². The van der Waals surface area contributed by atoms with Crippen molar-refractivity contribution < 1.29 is 23.5 Å². The number of morpholine rings is 1. The Morgan fingerprint density at radius 1 is 1.14 bits per heavy atom. The van der Waals surface area contributed by atoms with Crippen LogP contribution in [0.5, 0.6) is 0 Å². The standard InChI is InChI=1S/C19H16N2O6S/c22-16(20-5-7-26-8-6-20)10-21-18(24)15(28-19(21)25)9-12-11-27-14-4-2-1-3-13(14)17(12)23/h1-4,9,11H,5-8,10H2/b15-9-. The van der Waals surface area contributed by atoms with E-state index in [1.807, 2.05) is 0 Å². The summed E-state index contributed by atoms with van der Waals surface area (Å²) in [5.41, 5.74) is 0.315. The van der Waals surface area contributed by atoms with Crippen molar-refractivity contribution in [2.45, 2.75) is 0 Å². The molecular formula is C19H16N2O6S. The van der Waals surface area contributed by atoms with Crippen LogP contribution in [-0.4, -0.2) is 59.7 Å². The van der Waals surface area contributed by atoms with Crippen molar-refractivity contribution in [1.29, 1.82) is 0 Å². The van der Waals surface area contributed by atoms with Crippen LogP contribution in [-0.2, 0) is 14.3 Å². The number of benzene rings is 1. The predicted octanol–water partition coefficient (Wildman–Crippen LogP) is 1.69. The molecule has 1 aromatic carbocycles. The molecule has 0 radical (unpaired) electrons. The molecule has 2 aliphatic rings. The molecule has 28 heavy (non-hydrogen) atoms. The largest absolute Gasteiger partial charge is 0.463 e. The van der Waals surface area contributed by atoms with Gasteiger partial charge in [0.25, 0.3) is 11.1 Å². The van der Waals surface area contributed by atoms with Gasteiger partial charge in [-0.1, -0.05) is 12.1 Å². The highest BCUT2D eigenvalue weighted by Crippen LogP contribution is 2.32. The van der Waals surface area contributed by atoms with Crippen LogP contribution in [0.15, 0.2) is 44.6 Å². The molecule has 0 atom stereocenters. The Hall–Kier alpha value is -2.91. The fraction of sp³-hybridized carbons (Fsp3) is 0.263. The Balaban J connectivity index is 1.56. The first-order chi connectivity index (χ1) is 13.5. The third kappa shape index (κ3) is 3.46. The monoisotopic (exact) mass is 400 g/mol. The second kappa shape index (κ2) is 7.61. The maximum atomic E-state index is 12.6. The van der Waals surface area contributed by atoms with Gasteiger partial charge in [0.1, 0.15) is 18.4 Å². The lowest BCUT2D eigenvalue weighted by molar-refractivity contribution is -0.139. The molecule has 2 aromatic rings. The minimum atomic E-state index is -0.593. The molecular weight excluding hydrogens is 384 g/mol. The van der Waals surface area contributed by atoms with Crippen LogP contribution in [0.1, 0.15) is 5.56 Å². The molecule has 2 fully saturated rings. The van der Waals surface area contributed by atoms with Crippen LogP contribution < -0.4 is 5.43 Å². The van der Waals surface area contributed by atoms with Gasteiger partial charge in [-0.15, -0.1) is 0 Å². The van der Waals surface area contributed by atoms with Gasteiger partial charge in [-0.05, 0) is 30.0 Å². The normalized spacial score (nSPS) is 19.1. The average Bonchev–Trinajstić information content (AvgIpc) is 2.98. The molecule has 3 heterocycles. The van der Waals surface area contributed by atoms with E-state index in [2.05, 4.69) is 0 Å². The van der Waals surface area contributed by atoms with Crippen LogP contribution >= 0.6 is 11.8 Å². The van der Waals surface area contributed by atoms with Crippen LogP contribution in [0.4, 0.5) is 4.79 Å². The predicted molar refractivity (Wildman–Crippen MR) is 103 cm³/mol. The molecule has 4 rings (SSSR count). The summed E-state index contributed by atoms with van der Waals surface area (Å²) in [7, 11) is 0. The van der Waals surface area contributed by atoms with E-state index in [0.29, 0.717) is 49.0 Å². The second-order valence-electron chi connectivity index (χ2n) is 6.28. The first-order valence-corrected chi connectivity index (χ1v) is 9.47. The number of thioether (sulfide) groups is 1. The molecule has 9 heteroatoms. The number of imide groups is 1. The molecule has 0 spiro atoms. The number of nitrogens with zero attached hydrogens (tertiary/aromatic N) is 2. The SMILES string of the molecule is O=C(CN1C(=O)S/C(=C\c2coc3ccccc3c2=O)C1=O)N1CCOCC1. The van der Waals surface area contributed by atoms with E-state index in [0.717, 1.165) is 4.90 Å². The third-order valence-corrected chi connectivity index (χ3v) is 5.43. The molecule has 0 bridgehead atoms. The van der Waals surface area contributed by atoms with Crippen molar-refractivity contribution in [2.75, 3.05) is 32.8 Å². The lowest BCUT2D eigenvalue weighted by atomic mass is 10.1. The number of carbonyl (C=O) groups is 3. The number of rotatable bonds is 3. The van der Waals surface area contributed by atoms with Crippen LogP contribution in [0.25, 0.3) is 17.0 Å². The highest BCUT2D eigenvalue weighted by Gasteiger charge is 2.37. The van der Waals surface area contributed by atoms with Gasteiger partial charge >= 0.3 is 0 Å². The Kier molecular flexibility index (Phi) is 5.01. The van der Waals surface area contributed by atoms with Gasteiger partial charge < -0.3 is 14.1 Å². The zero-order valence-corrected chi connectivity index (χ0v) is 15.6. The highest BCUT2D eigenvalue weighted by molar-refractivity contribution is 8.18. The van der Waals surface area contributed by atoms with Gasteiger partial charge in [0.05, 0.1) is 29.1 Å². The Morgan fingerprint density at radius 3 is 2.68 bits per heavy atom. The molecule has 3 amide bonds. The Morgan fingerprint density at radius 2 is 1.89 bits per heavy atom. The van der Waals surface area contributed by atoms with Gasteiger partial charge in [-0.25, -0.2) is 0 Å². The minimum absolute atomic E-state index is 0.0855. The van der Waals surface area contributed by atoms with E-state index < -0.39 is 11.1 Å². The molecule has 2 saturated heterocycles. The molecule has 0 saturated carbocycles. The number of fused-ring (bicyclic) bond motifs is 1. The summed E-state index contributed by atoms with van der Waals surface area (Å²) >= 11 is 0.702. The van der Waals surface area contributed by atoms with Gasteiger partial charge in [-0.2, -0.15) is 0 Å². The van der Waals surface area contributed by atoms with Gasteiger partial charge in [0.15, 0.2) is 5.43 Å². The van der Waals surface area contributed by atoms with Gasteiger partial charge in [-0.3, -0.25) is 24.1 Å². The van der Waals surface area contributed by atoms with Crippen LogP contribution in [0.3, 0.4) is 0 Å². The number of carbonyl (C=O) groups excluding carboxylic acids is 3. The van der Waals surface area contributed by atoms with Crippen LogP contribution in [0.2, 0.25) is 0 Å². The lowest BCUT2D eigenvalue weighted by Crippen LogP contribution is -2.46. The maximum Gasteiger partial charge on any atom is 0.294 e. The van der Waals surface area contributed by atoms with E-state index in [1.165, 1.54) is 12.3 Å². The Labute approximate surface area is 163 Å². The third-order valence-electron chi connectivity index (χ3n) is 4.52. The van der Waals surface area contributed by atoms with Crippen molar-refractivity contribution in [3.05, 3.63) is 51.2 Å². The molecule has 0 N–H and O–H groups in total. The summed E-state index contributed by atoms with van der Waals surface area (Å²) < 4.78 is 10.6. The summed E-state index contributed by atoms with van der Waals surface area (Å²) in [6.07, 6.45) is 2.60. The fourth-order valence-electron chi connectivity index (χ4n) is 3.02. The number of para-hydroxylation sites is 1. The summed E-state index contributed by atoms with van der Waals surface area (Å²) in [5.74, 6) is -0.902. The zero-order chi connectivity index (χ0) is 19.7. The van der Waals surface area contributed by atoms with E-state index in [4.69, 9.17) is 9.15 Å². The van der Waals surface area contributed by atoms with E-state index >= 15 is 0 Å². The highest BCUT2D eigenvalue weighted by atomic mass is 32.2. The molecule has 2 aliphatic heterocycles. The molecule has 0 unspecified atom stereocenters. The maximum absolute atomic E-state index is 12.6. The average molecular weight is 400 g/mol. The first kappa shape index (κ1) is 18.5. The smallest absolute Gasteiger partial charge is 0.294 e. The van der Waals surface area contributed by atoms with Crippen molar-refractivity contribution >= 4 is 45.9 Å². The quantitative estimate of drug-likeness (QED) is 0.723. The van der Waals surface area contributed by atoms with Crippen molar-refractivity contribution in [2.24, 2.45) is 0 Å². The Bertz CT molecular complexity index is 1050. The molecule has 0 aliphatic carbocycles. The molecule has 8 nitrogen and oxygen atoms in total. The second-order valence-corrected chi connectivity index (χ2v) is 7.27. The van der Waals surface area contributed by atoms with E-state index in [-0.39, 0.29) is 28.3 Å². The van der Waals surface area contributed by atoms with Crippen LogP contribution in [0, 0.1) is 0 Å². The van der Waals surface area contributed by atoms with E-state index in [9.17, 15) is 19.2 Å². The molecule has 1 aromatic heterocycles. The van der Waals surface area contributed by atoms with Crippen molar-refractivity contribution in [1.82, 2.24) is 9.80 Å². The van der Waals surface area contributed by atoms with Crippen molar-refractivity contribution in [3.8, 4) is 0 Å². The number of hydrogen-bond donors (Lipinski definition) is 0. The van der Waals surface area contributed by atoms with Crippen molar-refractivity contribution in [3.63, 3.8) is 0 Å². The topological polar surface area (TPSA) is 97.1 Å². The number of ether oxygens (including phenoxy) is 1. The summed E-state index contributed by atoms with van der Waals surface area (Å²) in [6.45, 7) is 1.41. The summed E-state index contributed by atoms with van der Waals surface area (Å²) in [4.78, 5) is 52.3. The minimum Gasteiger partial charge on any atom is -0.463 e. The molecule has 144 valence electrons. The first-order valence-electron chi connectivity index (χ1n) is 8.66. The van der Waals surface area contributed by atoms with E-state index in [1.54, 1.807) is 29.2 Å². The summed E-state index contributed by atoms with van der Waals surface area (Å²) in [6, 6.07) is 6.77. The lowest BCUT2D eigenvalue weighted by Gasteiger charge is -2.27. The number of hydrogen-bond acceptors (Lipinski definition) is 7.